The molecule has 0 aromatic heterocycles. The molecule has 0 atom stereocenters. The van der Waals surface area contributed by atoms with E-state index in [4.69, 9.17) is 16.3 Å². The molecule has 0 bridgehead atoms. The molecule has 0 N–H and O–H groups in total. The van der Waals surface area contributed by atoms with E-state index < -0.39 is 4.92 Å². The molecule has 3 aromatic rings. The Morgan fingerprint density at radius 2 is 1.83 bits per heavy atom. The molecule has 3 aromatic carbocycles. The van der Waals surface area contributed by atoms with Crippen molar-refractivity contribution < 1.29 is 14.5 Å². The molecule has 0 unspecified atom stereocenters. The molecule has 186 valence electrons. The van der Waals surface area contributed by atoms with Gasteiger partial charge in [-0.25, -0.2) is 0 Å². The Labute approximate surface area is 222 Å². The Balaban J connectivity index is 1.75. The van der Waals surface area contributed by atoms with Crippen LogP contribution in [0, 0.1) is 10.1 Å². The summed E-state index contributed by atoms with van der Waals surface area (Å²) in [4.78, 5) is 24.7. The number of rotatable bonds is 11. The first-order valence-corrected chi connectivity index (χ1v) is 12.1. The van der Waals surface area contributed by atoms with Crippen LogP contribution in [0.3, 0.4) is 0 Å². The quantitative estimate of drug-likeness (QED) is 0.0765. The van der Waals surface area contributed by atoms with Gasteiger partial charge in [-0.3, -0.25) is 14.9 Å². The highest BCUT2D eigenvalue weighted by atomic mass is 79.9. The van der Waals surface area contributed by atoms with Gasteiger partial charge in [0.1, 0.15) is 12.3 Å². The van der Waals surface area contributed by atoms with Crippen LogP contribution in [0.2, 0.25) is 5.02 Å². The van der Waals surface area contributed by atoms with Gasteiger partial charge < -0.3 is 9.64 Å². The van der Waals surface area contributed by atoms with E-state index in [1.807, 2.05) is 49.4 Å². The highest BCUT2D eigenvalue weighted by Gasteiger charge is 2.15. The minimum atomic E-state index is -0.530. The topological polar surface area (TPSA) is 97.4 Å². The van der Waals surface area contributed by atoms with Gasteiger partial charge in [-0.1, -0.05) is 48.5 Å². The van der Waals surface area contributed by atoms with Crippen LogP contribution in [0.25, 0.3) is 0 Å². The summed E-state index contributed by atoms with van der Waals surface area (Å²) in [7, 11) is 0. The second-order valence-corrected chi connectivity index (χ2v) is 9.27. The highest BCUT2D eigenvalue weighted by molar-refractivity contribution is 9.10. The average Bonchev–Trinajstić information content (AvgIpc) is 2.85. The van der Waals surface area contributed by atoms with Crippen molar-refractivity contribution in [2.75, 3.05) is 18.1 Å². The van der Waals surface area contributed by atoms with Crippen molar-refractivity contribution in [1.82, 2.24) is 0 Å². The van der Waals surface area contributed by atoms with Crippen molar-refractivity contribution in [1.29, 1.82) is 0 Å². The predicted octanol–water partition coefficient (Wildman–Crippen LogP) is 7.94. The highest BCUT2D eigenvalue weighted by Crippen LogP contribution is 2.38. The third-order valence-electron chi connectivity index (χ3n) is 4.97. The van der Waals surface area contributed by atoms with Crippen molar-refractivity contribution in [3.05, 3.63) is 104 Å². The van der Waals surface area contributed by atoms with E-state index >= 15 is 0 Å². The first-order chi connectivity index (χ1) is 17.2. The van der Waals surface area contributed by atoms with E-state index in [9.17, 15) is 14.9 Å². The second-order valence-electron chi connectivity index (χ2n) is 8.01. The zero-order valence-electron chi connectivity index (χ0n) is 19.6. The molecule has 0 radical (unpaired) electrons. The third-order valence-corrected chi connectivity index (χ3v) is 5.87. The summed E-state index contributed by atoms with van der Waals surface area (Å²) in [6.07, 6.45) is 0.230. The summed E-state index contributed by atoms with van der Waals surface area (Å²) in [5.74, 6) is -0.285. The van der Waals surface area contributed by atoms with Gasteiger partial charge in [0.2, 0.25) is 0 Å². The number of nitrogens with zero attached hydrogens (tertiary/aromatic N) is 4. The monoisotopic (exact) mass is 570 g/mol. The lowest BCUT2D eigenvalue weighted by molar-refractivity contribution is -0.384. The Hall–Kier alpha value is -3.56. The summed E-state index contributed by atoms with van der Waals surface area (Å²) in [6.45, 7) is 6.85. The van der Waals surface area contributed by atoms with Crippen molar-refractivity contribution >= 4 is 56.2 Å². The number of non-ortho nitro benzene ring substituents is 1. The Morgan fingerprint density at radius 3 is 2.44 bits per heavy atom. The number of ether oxygens (including phenoxy) is 1. The molecule has 10 heteroatoms. The van der Waals surface area contributed by atoms with Crippen molar-refractivity contribution in [3.8, 4) is 0 Å². The van der Waals surface area contributed by atoms with Crippen LogP contribution in [0.4, 0.5) is 22.7 Å². The SMILES string of the molecule is C=C(C)COC(=O)CCN(Cc1ccccc1)c1ccc(N=Nc2c(Cl)cc([N+](=O)[O-])cc2Br)cc1. The third kappa shape index (κ3) is 8.00. The van der Waals surface area contributed by atoms with Crippen LogP contribution in [0.5, 0.6) is 0 Å². The maximum Gasteiger partial charge on any atom is 0.307 e. The number of nitro groups is 1. The van der Waals surface area contributed by atoms with Crippen LogP contribution in [-0.2, 0) is 16.1 Å². The largest absolute Gasteiger partial charge is 0.461 e. The summed E-state index contributed by atoms with van der Waals surface area (Å²) in [5, 5.41) is 19.5. The number of nitro benzene ring substituents is 1. The van der Waals surface area contributed by atoms with Gasteiger partial charge in [-0.15, -0.1) is 5.11 Å². The second kappa shape index (κ2) is 12.9. The molecule has 0 amide bonds. The van der Waals surface area contributed by atoms with Crippen LogP contribution < -0.4 is 4.90 Å². The van der Waals surface area contributed by atoms with Crippen molar-refractivity contribution in [2.45, 2.75) is 19.9 Å². The normalized spacial score (nSPS) is 10.9. The van der Waals surface area contributed by atoms with Gasteiger partial charge in [-0.2, -0.15) is 5.11 Å². The van der Waals surface area contributed by atoms with Gasteiger partial charge in [0.05, 0.1) is 26.5 Å². The minimum Gasteiger partial charge on any atom is -0.461 e. The van der Waals surface area contributed by atoms with Gasteiger partial charge in [-0.05, 0) is 58.3 Å². The molecule has 3 rings (SSSR count). The van der Waals surface area contributed by atoms with Crippen molar-refractivity contribution in [3.63, 3.8) is 0 Å². The number of benzene rings is 3. The number of esters is 1. The summed E-state index contributed by atoms with van der Waals surface area (Å²) >= 11 is 9.41. The van der Waals surface area contributed by atoms with E-state index in [1.165, 1.54) is 12.1 Å². The molecule has 0 aliphatic rings. The molecule has 0 spiro atoms. The molecular formula is C26H24BrClN4O4. The Kier molecular flexibility index (Phi) is 9.72. The standard InChI is InChI=1S/C26H24BrClN4O4/c1-18(2)17-36-25(33)12-13-31(16-19-6-4-3-5-7-19)21-10-8-20(9-11-21)29-30-26-23(27)14-22(32(34)35)15-24(26)28/h3-11,14-15H,1,12-13,16-17H2,2H3. The molecule has 0 saturated heterocycles. The minimum absolute atomic E-state index is 0.115. The van der Waals surface area contributed by atoms with E-state index in [0.29, 0.717) is 28.9 Å². The fourth-order valence-electron chi connectivity index (χ4n) is 3.20. The van der Waals surface area contributed by atoms with Crippen LogP contribution >= 0.6 is 27.5 Å². The summed E-state index contributed by atoms with van der Waals surface area (Å²) in [5.41, 5.74) is 3.52. The van der Waals surface area contributed by atoms with Gasteiger partial charge in [0, 0.05) is 30.9 Å². The fraction of sp³-hybridized carbons (Fsp3) is 0.192. The average molecular weight is 572 g/mol. The smallest absolute Gasteiger partial charge is 0.307 e. The molecule has 0 fully saturated rings. The fourth-order valence-corrected chi connectivity index (χ4v) is 4.09. The number of hydrogen-bond acceptors (Lipinski definition) is 7. The van der Waals surface area contributed by atoms with Crippen LogP contribution in [-0.4, -0.2) is 24.0 Å². The maximum atomic E-state index is 12.2. The lowest BCUT2D eigenvalue weighted by Crippen LogP contribution is -2.26. The number of carbonyl (C=O) groups excluding carboxylic acids is 1. The lowest BCUT2D eigenvalue weighted by Gasteiger charge is -2.25. The molecule has 0 saturated carbocycles. The Morgan fingerprint density at radius 1 is 1.14 bits per heavy atom. The number of anilines is 1. The number of azo groups is 1. The first-order valence-electron chi connectivity index (χ1n) is 11.0. The molecule has 0 heterocycles. The van der Waals surface area contributed by atoms with Crippen LogP contribution in [0.1, 0.15) is 18.9 Å². The zero-order chi connectivity index (χ0) is 26.1. The Bertz CT molecular complexity index is 1240. The number of halogens is 2. The number of carbonyl (C=O) groups is 1. The van der Waals surface area contributed by atoms with E-state index in [2.05, 4.69) is 37.6 Å². The zero-order valence-corrected chi connectivity index (χ0v) is 21.9. The number of hydrogen-bond donors (Lipinski definition) is 0. The maximum absolute atomic E-state index is 12.2. The molecule has 0 aliphatic heterocycles. The first kappa shape index (κ1) is 27.0. The molecule has 36 heavy (non-hydrogen) atoms. The van der Waals surface area contributed by atoms with E-state index in [-0.39, 0.29) is 29.7 Å². The van der Waals surface area contributed by atoms with Crippen LogP contribution in [0.15, 0.2) is 93.6 Å². The van der Waals surface area contributed by atoms with Gasteiger partial charge >= 0.3 is 5.97 Å². The van der Waals surface area contributed by atoms with E-state index in [0.717, 1.165) is 16.8 Å². The molecule has 8 nitrogen and oxygen atoms in total. The molecular weight excluding hydrogens is 548 g/mol. The molecule has 0 aliphatic carbocycles. The predicted molar refractivity (Wildman–Crippen MR) is 144 cm³/mol. The summed E-state index contributed by atoms with van der Waals surface area (Å²) < 4.78 is 5.60. The van der Waals surface area contributed by atoms with E-state index in [1.54, 1.807) is 12.1 Å². The summed E-state index contributed by atoms with van der Waals surface area (Å²) in [6, 6.07) is 19.9. The van der Waals surface area contributed by atoms with Gasteiger partial charge in [0.15, 0.2) is 0 Å². The van der Waals surface area contributed by atoms with Gasteiger partial charge in [0.25, 0.3) is 5.69 Å². The lowest BCUT2D eigenvalue weighted by atomic mass is 10.2. The van der Waals surface area contributed by atoms with Crippen molar-refractivity contribution in [2.24, 2.45) is 10.2 Å².